The van der Waals surface area contributed by atoms with Gasteiger partial charge in [-0.3, -0.25) is 4.79 Å². The number of carbonyl (C=O) groups is 1. The highest BCUT2D eigenvalue weighted by Gasteiger charge is 2.38. The van der Waals surface area contributed by atoms with Crippen LogP contribution in [0.5, 0.6) is 0 Å². The molecule has 1 amide bonds. The Balaban J connectivity index is 1.51. The number of hydrogen-bond acceptors (Lipinski definition) is 3. The molecule has 2 atom stereocenters. The molecular formula is C15H26N2O2. The van der Waals surface area contributed by atoms with E-state index < -0.39 is 0 Å². The smallest absolute Gasteiger partial charge is 0.248 e. The van der Waals surface area contributed by atoms with Gasteiger partial charge in [-0.25, -0.2) is 0 Å². The lowest BCUT2D eigenvalue weighted by atomic mass is 10.0. The monoisotopic (exact) mass is 266 g/mol. The van der Waals surface area contributed by atoms with Crippen LogP contribution in [0.15, 0.2) is 0 Å². The van der Waals surface area contributed by atoms with E-state index in [0.29, 0.717) is 18.7 Å². The van der Waals surface area contributed by atoms with Crippen LogP contribution in [0.2, 0.25) is 0 Å². The number of ether oxygens (including phenoxy) is 1. The fraction of sp³-hybridized carbons (Fsp3) is 0.933. The van der Waals surface area contributed by atoms with E-state index >= 15 is 0 Å². The number of amides is 1. The van der Waals surface area contributed by atoms with Crippen molar-refractivity contribution in [1.82, 2.24) is 9.80 Å². The summed E-state index contributed by atoms with van der Waals surface area (Å²) < 4.78 is 5.56. The highest BCUT2D eigenvalue weighted by molar-refractivity contribution is 5.78. The van der Waals surface area contributed by atoms with Crippen LogP contribution in [-0.4, -0.2) is 61.1 Å². The van der Waals surface area contributed by atoms with Crippen molar-refractivity contribution >= 4 is 5.91 Å². The van der Waals surface area contributed by atoms with Crippen molar-refractivity contribution in [2.45, 2.75) is 50.6 Å². The molecule has 0 bridgehead atoms. The molecule has 0 N–H and O–H groups in total. The van der Waals surface area contributed by atoms with Gasteiger partial charge in [-0.2, -0.15) is 0 Å². The highest BCUT2D eigenvalue weighted by Crippen LogP contribution is 2.30. The van der Waals surface area contributed by atoms with Gasteiger partial charge in [-0.05, 0) is 58.0 Å². The summed E-state index contributed by atoms with van der Waals surface area (Å²) >= 11 is 0. The first-order valence-electron chi connectivity index (χ1n) is 7.83. The summed E-state index contributed by atoms with van der Waals surface area (Å²) in [5.74, 6) is 0.951. The normalized spacial score (nSPS) is 32.2. The molecular weight excluding hydrogens is 240 g/mol. The van der Waals surface area contributed by atoms with Crippen molar-refractivity contribution in [3.05, 3.63) is 0 Å². The molecule has 1 saturated carbocycles. The zero-order chi connectivity index (χ0) is 13.2. The van der Waals surface area contributed by atoms with Gasteiger partial charge >= 0.3 is 0 Å². The second-order valence-electron chi connectivity index (χ2n) is 6.45. The Kier molecular flexibility index (Phi) is 4.08. The van der Waals surface area contributed by atoms with E-state index in [1.165, 1.54) is 38.6 Å². The minimum Gasteiger partial charge on any atom is -0.371 e. The molecule has 0 radical (unpaired) electrons. The lowest BCUT2D eigenvalue weighted by Crippen LogP contribution is -2.48. The van der Waals surface area contributed by atoms with E-state index in [4.69, 9.17) is 4.74 Å². The third-order valence-electron chi connectivity index (χ3n) is 4.92. The van der Waals surface area contributed by atoms with E-state index in [1.807, 2.05) is 0 Å². The van der Waals surface area contributed by atoms with Gasteiger partial charge in [-0.1, -0.05) is 0 Å². The molecule has 2 aliphatic heterocycles. The fourth-order valence-electron chi connectivity index (χ4n) is 3.60. The lowest BCUT2D eigenvalue weighted by molar-refractivity contribution is -0.138. The van der Waals surface area contributed by atoms with E-state index in [2.05, 4.69) is 16.8 Å². The number of carbonyl (C=O) groups excluding carboxylic acids is 1. The SMILES string of the molecule is CN1CCC[C@H]1[C@@H]1CCCN1C(=O)COCC1CC1. The minimum atomic E-state index is 0.212. The molecule has 19 heavy (non-hydrogen) atoms. The second-order valence-corrected chi connectivity index (χ2v) is 6.45. The Bertz CT molecular complexity index is 330. The van der Waals surface area contributed by atoms with Gasteiger partial charge in [0, 0.05) is 18.6 Å². The van der Waals surface area contributed by atoms with Crippen LogP contribution in [-0.2, 0) is 9.53 Å². The van der Waals surface area contributed by atoms with Crippen molar-refractivity contribution in [3.8, 4) is 0 Å². The van der Waals surface area contributed by atoms with Crippen LogP contribution >= 0.6 is 0 Å². The first kappa shape index (κ1) is 13.4. The average molecular weight is 266 g/mol. The summed E-state index contributed by atoms with van der Waals surface area (Å²) in [6.45, 7) is 3.19. The van der Waals surface area contributed by atoms with E-state index in [0.717, 1.165) is 25.5 Å². The van der Waals surface area contributed by atoms with Gasteiger partial charge in [0.15, 0.2) is 0 Å². The molecule has 0 aromatic rings. The Labute approximate surface area is 116 Å². The number of hydrogen-bond donors (Lipinski definition) is 0. The first-order chi connectivity index (χ1) is 9.25. The summed E-state index contributed by atoms with van der Waals surface area (Å²) in [5, 5.41) is 0. The maximum atomic E-state index is 12.3. The summed E-state index contributed by atoms with van der Waals surface area (Å²) in [5.41, 5.74) is 0. The maximum absolute atomic E-state index is 12.3. The molecule has 0 aromatic heterocycles. The van der Waals surface area contributed by atoms with Gasteiger partial charge in [0.05, 0.1) is 6.61 Å². The first-order valence-corrected chi connectivity index (χ1v) is 7.83. The van der Waals surface area contributed by atoms with Gasteiger partial charge < -0.3 is 14.5 Å². The molecule has 2 saturated heterocycles. The van der Waals surface area contributed by atoms with Crippen molar-refractivity contribution in [1.29, 1.82) is 0 Å². The Morgan fingerprint density at radius 3 is 2.53 bits per heavy atom. The van der Waals surface area contributed by atoms with Crippen molar-refractivity contribution in [3.63, 3.8) is 0 Å². The Hall–Kier alpha value is -0.610. The zero-order valence-electron chi connectivity index (χ0n) is 12.0. The van der Waals surface area contributed by atoms with Crippen LogP contribution in [0, 0.1) is 5.92 Å². The van der Waals surface area contributed by atoms with Crippen LogP contribution in [0.25, 0.3) is 0 Å². The summed E-state index contributed by atoms with van der Waals surface area (Å²) in [6, 6.07) is 1.01. The Morgan fingerprint density at radius 2 is 1.84 bits per heavy atom. The van der Waals surface area contributed by atoms with Gasteiger partial charge in [-0.15, -0.1) is 0 Å². The summed E-state index contributed by atoms with van der Waals surface area (Å²) in [6.07, 6.45) is 7.42. The van der Waals surface area contributed by atoms with E-state index in [9.17, 15) is 4.79 Å². The van der Waals surface area contributed by atoms with Crippen molar-refractivity contribution in [2.75, 3.05) is 33.4 Å². The van der Waals surface area contributed by atoms with Crippen LogP contribution in [0.4, 0.5) is 0 Å². The van der Waals surface area contributed by atoms with Gasteiger partial charge in [0.25, 0.3) is 0 Å². The zero-order valence-corrected chi connectivity index (χ0v) is 12.0. The second kappa shape index (κ2) is 5.80. The Morgan fingerprint density at radius 1 is 1.11 bits per heavy atom. The number of rotatable bonds is 5. The molecule has 0 unspecified atom stereocenters. The molecule has 1 aliphatic carbocycles. The molecule has 3 aliphatic rings. The minimum absolute atomic E-state index is 0.212. The molecule has 0 aromatic carbocycles. The van der Waals surface area contributed by atoms with Crippen molar-refractivity contribution in [2.24, 2.45) is 5.92 Å². The molecule has 2 heterocycles. The summed E-state index contributed by atoms with van der Waals surface area (Å²) in [4.78, 5) is 16.8. The molecule has 108 valence electrons. The number of likely N-dealkylation sites (tertiary alicyclic amines) is 2. The molecule has 0 spiro atoms. The van der Waals surface area contributed by atoms with Gasteiger partial charge in [0.2, 0.25) is 5.91 Å². The molecule has 3 fully saturated rings. The maximum Gasteiger partial charge on any atom is 0.248 e. The standard InChI is InChI=1S/C15H26N2O2/c1-16-8-2-4-13(16)14-5-3-9-17(14)15(18)11-19-10-12-6-7-12/h12-14H,2-11H2,1H3/t13-,14-/m0/s1. The largest absolute Gasteiger partial charge is 0.371 e. The lowest BCUT2D eigenvalue weighted by Gasteiger charge is -2.33. The average Bonchev–Trinajstić information content (AvgIpc) is 2.92. The van der Waals surface area contributed by atoms with E-state index in [1.54, 1.807) is 0 Å². The topological polar surface area (TPSA) is 32.8 Å². The number of nitrogens with zero attached hydrogens (tertiary/aromatic N) is 2. The fourth-order valence-corrected chi connectivity index (χ4v) is 3.60. The molecule has 3 rings (SSSR count). The predicted octanol–water partition coefficient (Wildman–Crippen LogP) is 1.50. The van der Waals surface area contributed by atoms with Crippen LogP contribution in [0.3, 0.4) is 0 Å². The highest BCUT2D eigenvalue weighted by atomic mass is 16.5. The van der Waals surface area contributed by atoms with Crippen LogP contribution in [0.1, 0.15) is 38.5 Å². The van der Waals surface area contributed by atoms with Crippen molar-refractivity contribution < 1.29 is 9.53 Å². The molecule has 4 heteroatoms. The number of likely N-dealkylation sites (N-methyl/N-ethyl adjacent to an activating group) is 1. The quantitative estimate of drug-likeness (QED) is 0.756. The summed E-state index contributed by atoms with van der Waals surface area (Å²) in [7, 11) is 2.20. The van der Waals surface area contributed by atoms with E-state index in [-0.39, 0.29) is 5.91 Å². The van der Waals surface area contributed by atoms with Gasteiger partial charge in [0.1, 0.15) is 6.61 Å². The third-order valence-corrected chi connectivity index (χ3v) is 4.92. The van der Waals surface area contributed by atoms with Crippen LogP contribution < -0.4 is 0 Å². The molecule has 4 nitrogen and oxygen atoms in total. The predicted molar refractivity (Wildman–Crippen MR) is 73.9 cm³/mol. The third kappa shape index (κ3) is 3.11.